The summed E-state index contributed by atoms with van der Waals surface area (Å²) in [6.07, 6.45) is 0. The molecule has 0 saturated carbocycles. The van der Waals surface area contributed by atoms with E-state index in [1.54, 1.807) is 0 Å². The summed E-state index contributed by atoms with van der Waals surface area (Å²) >= 11 is 5.96. The van der Waals surface area contributed by atoms with E-state index in [0.29, 0.717) is 11.3 Å². The van der Waals surface area contributed by atoms with Gasteiger partial charge in [0.15, 0.2) is 0 Å². The Bertz CT molecular complexity index is 872. The van der Waals surface area contributed by atoms with Gasteiger partial charge in [-0.1, -0.05) is 11.6 Å². The van der Waals surface area contributed by atoms with Crippen molar-refractivity contribution >= 4 is 40.8 Å². The van der Waals surface area contributed by atoms with Crippen LogP contribution in [0.1, 0.15) is 15.9 Å². The lowest BCUT2D eigenvalue weighted by Crippen LogP contribution is -2.29. The standard InChI is InChI=1S/C17H12ClN3O4/c1-25-17(24)11-4-7-13(18)14(8-11)21-16(23)15(22)20-12-5-2-10(9-19)3-6-12/h2-8H,1H3,(H,20,22)(H,21,23). The first kappa shape index (κ1) is 18.0. The first-order valence-electron chi connectivity index (χ1n) is 6.95. The Morgan fingerprint density at radius 2 is 1.68 bits per heavy atom. The molecule has 25 heavy (non-hydrogen) atoms. The van der Waals surface area contributed by atoms with Crippen LogP contribution in [0.2, 0.25) is 5.02 Å². The fourth-order valence-electron chi connectivity index (χ4n) is 1.86. The largest absolute Gasteiger partial charge is 0.465 e. The molecule has 0 aromatic heterocycles. The molecule has 2 aromatic carbocycles. The van der Waals surface area contributed by atoms with Crippen molar-refractivity contribution in [2.45, 2.75) is 0 Å². The van der Waals surface area contributed by atoms with Crippen LogP contribution in [-0.2, 0) is 14.3 Å². The maximum absolute atomic E-state index is 12.0. The quantitative estimate of drug-likeness (QED) is 0.648. The van der Waals surface area contributed by atoms with Crippen LogP contribution in [-0.4, -0.2) is 24.9 Å². The summed E-state index contributed by atoms with van der Waals surface area (Å²) in [5.41, 5.74) is 1.06. The second kappa shape index (κ2) is 7.95. The molecule has 0 unspecified atom stereocenters. The fourth-order valence-corrected chi connectivity index (χ4v) is 2.03. The zero-order valence-corrected chi connectivity index (χ0v) is 13.8. The van der Waals surface area contributed by atoms with Gasteiger partial charge in [0.05, 0.1) is 35.0 Å². The van der Waals surface area contributed by atoms with Gasteiger partial charge in [-0.05, 0) is 42.5 Å². The molecule has 2 amide bonds. The maximum Gasteiger partial charge on any atom is 0.337 e. The molecular weight excluding hydrogens is 346 g/mol. The fraction of sp³-hybridized carbons (Fsp3) is 0.0588. The number of amides is 2. The van der Waals surface area contributed by atoms with Crippen LogP contribution in [0.15, 0.2) is 42.5 Å². The number of hydrogen-bond donors (Lipinski definition) is 2. The number of carbonyl (C=O) groups excluding carboxylic acids is 3. The van der Waals surface area contributed by atoms with Gasteiger partial charge in [0.25, 0.3) is 0 Å². The monoisotopic (exact) mass is 357 g/mol. The number of nitrogens with zero attached hydrogens (tertiary/aromatic N) is 1. The molecule has 7 nitrogen and oxygen atoms in total. The molecule has 0 heterocycles. The van der Waals surface area contributed by atoms with Gasteiger partial charge < -0.3 is 15.4 Å². The topological polar surface area (TPSA) is 108 Å². The predicted octanol–water partition coefficient (Wildman–Crippen LogP) is 2.58. The van der Waals surface area contributed by atoms with Gasteiger partial charge >= 0.3 is 17.8 Å². The summed E-state index contributed by atoms with van der Waals surface area (Å²) in [5, 5.41) is 13.6. The minimum Gasteiger partial charge on any atom is -0.465 e. The molecule has 0 aliphatic heterocycles. The maximum atomic E-state index is 12.0. The minimum atomic E-state index is -0.965. The van der Waals surface area contributed by atoms with E-state index in [9.17, 15) is 14.4 Å². The van der Waals surface area contributed by atoms with Gasteiger partial charge in [0.1, 0.15) is 0 Å². The number of hydrogen-bond acceptors (Lipinski definition) is 5. The summed E-state index contributed by atoms with van der Waals surface area (Å²) in [4.78, 5) is 35.4. The Balaban J connectivity index is 2.09. The number of nitriles is 1. The summed E-state index contributed by atoms with van der Waals surface area (Å²) in [6.45, 7) is 0. The van der Waals surface area contributed by atoms with Crippen LogP contribution >= 0.6 is 11.6 Å². The second-order valence-electron chi connectivity index (χ2n) is 4.78. The number of anilines is 2. The van der Waals surface area contributed by atoms with E-state index in [0.717, 1.165) is 0 Å². The number of carbonyl (C=O) groups is 3. The number of ether oxygens (including phenoxy) is 1. The highest BCUT2D eigenvalue weighted by Crippen LogP contribution is 2.23. The normalized spacial score (nSPS) is 9.64. The number of esters is 1. The van der Waals surface area contributed by atoms with Crippen LogP contribution < -0.4 is 10.6 Å². The Hall–Kier alpha value is -3.37. The van der Waals surface area contributed by atoms with Crippen LogP contribution in [0, 0.1) is 11.3 Å². The molecule has 0 atom stereocenters. The minimum absolute atomic E-state index is 0.101. The van der Waals surface area contributed by atoms with Crippen molar-refractivity contribution in [3.8, 4) is 6.07 Å². The van der Waals surface area contributed by atoms with Crippen LogP contribution in [0.3, 0.4) is 0 Å². The van der Waals surface area contributed by atoms with E-state index in [1.165, 1.54) is 49.6 Å². The van der Waals surface area contributed by atoms with Gasteiger partial charge in [0, 0.05) is 5.69 Å². The summed E-state index contributed by atoms with van der Waals surface area (Å²) in [7, 11) is 1.22. The number of methoxy groups -OCH3 is 1. The Kier molecular flexibility index (Phi) is 5.71. The average Bonchev–Trinajstić information content (AvgIpc) is 2.63. The molecule has 2 N–H and O–H groups in total. The van der Waals surface area contributed by atoms with Crippen LogP contribution in [0.4, 0.5) is 11.4 Å². The Morgan fingerprint density at radius 3 is 2.28 bits per heavy atom. The summed E-state index contributed by atoms with van der Waals surface area (Å²) in [6, 6.07) is 12.1. The van der Waals surface area contributed by atoms with Crippen LogP contribution in [0.25, 0.3) is 0 Å². The van der Waals surface area contributed by atoms with Crippen molar-refractivity contribution in [1.82, 2.24) is 0 Å². The van der Waals surface area contributed by atoms with E-state index in [2.05, 4.69) is 15.4 Å². The zero-order chi connectivity index (χ0) is 18.4. The van der Waals surface area contributed by atoms with Crippen molar-refractivity contribution in [2.24, 2.45) is 0 Å². The first-order chi connectivity index (χ1) is 11.9. The number of rotatable bonds is 3. The van der Waals surface area contributed by atoms with Gasteiger partial charge in [-0.2, -0.15) is 5.26 Å². The zero-order valence-electron chi connectivity index (χ0n) is 13.0. The first-order valence-corrected chi connectivity index (χ1v) is 7.32. The summed E-state index contributed by atoms with van der Waals surface area (Å²) in [5.74, 6) is -2.49. The lowest BCUT2D eigenvalue weighted by molar-refractivity contribution is -0.132. The highest BCUT2D eigenvalue weighted by Gasteiger charge is 2.17. The van der Waals surface area contributed by atoms with Crippen molar-refractivity contribution < 1.29 is 19.1 Å². The highest BCUT2D eigenvalue weighted by atomic mass is 35.5. The van der Waals surface area contributed by atoms with Crippen molar-refractivity contribution in [1.29, 1.82) is 5.26 Å². The summed E-state index contributed by atoms with van der Waals surface area (Å²) < 4.78 is 4.58. The van der Waals surface area contributed by atoms with E-state index >= 15 is 0 Å². The molecule has 126 valence electrons. The molecular formula is C17H12ClN3O4. The van der Waals surface area contributed by atoms with E-state index in [-0.39, 0.29) is 16.3 Å². The smallest absolute Gasteiger partial charge is 0.337 e. The highest BCUT2D eigenvalue weighted by molar-refractivity contribution is 6.44. The molecule has 0 bridgehead atoms. The molecule has 0 aliphatic rings. The van der Waals surface area contributed by atoms with Gasteiger partial charge in [-0.25, -0.2) is 4.79 Å². The average molecular weight is 358 g/mol. The van der Waals surface area contributed by atoms with Gasteiger partial charge in [-0.15, -0.1) is 0 Å². The molecule has 0 saturated heterocycles. The van der Waals surface area contributed by atoms with Crippen LogP contribution in [0.5, 0.6) is 0 Å². The van der Waals surface area contributed by atoms with Crippen molar-refractivity contribution in [3.63, 3.8) is 0 Å². The third-order valence-corrected chi connectivity index (χ3v) is 3.44. The third kappa shape index (κ3) is 4.56. The van der Waals surface area contributed by atoms with Crippen molar-refractivity contribution in [2.75, 3.05) is 17.7 Å². The molecule has 0 spiro atoms. The SMILES string of the molecule is COC(=O)c1ccc(Cl)c(NC(=O)C(=O)Nc2ccc(C#N)cc2)c1. The number of benzene rings is 2. The van der Waals surface area contributed by atoms with E-state index < -0.39 is 17.8 Å². The Labute approximate surface area is 148 Å². The molecule has 0 radical (unpaired) electrons. The van der Waals surface area contributed by atoms with Gasteiger partial charge in [0.2, 0.25) is 0 Å². The molecule has 2 aromatic rings. The predicted molar refractivity (Wildman–Crippen MR) is 91.2 cm³/mol. The second-order valence-corrected chi connectivity index (χ2v) is 5.19. The number of halogens is 1. The number of nitrogens with one attached hydrogen (secondary N) is 2. The molecule has 8 heteroatoms. The Morgan fingerprint density at radius 1 is 1.04 bits per heavy atom. The third-order valence-electron chi connectivity index (χ3n) is 3.11. The lowest BCUT2D eigenvalue weighted by atomic mass is 10.2. The molecule has 0 fully saturated rings. The van der Waals surface area contributed by atoms with Crippen molar-refractivity contribution in [3.05, 3.63) is 58.6 Å². The molecule has 0 aliphatic carbocycles. The van der Waals surface area contributed by atoms with E-state index in [4.69, 9.17) is 16.9 Å². The molecule has 2 rings (SSSR count). The lowest BCUT2D eigenvalue weighted by Gasteiger charge is -2.09. The van der Waals surface area contributed by atoms with E-state index in [1.807, 2.05) is 6.07 Å². The van der Waals surface area contributed by atoms with Gasteiger partial charge in [-0.3, -0.25) is 9.59 Å².